The van der Waals surface area contributed by atoms with E-state index in [0.29, 0.717) is 5.56 Å². The third kappa shape index (κ3) is 2.63. The number of hydrogen-bond donors (Lipinski definition) is 3. The van der Waals surface area contributed by atoms with Crippen LogP contribution in [0.5, 0.6) is 0 Å². The van der Waals surface area contributed by atoms with E-state index < -0.39 is 11.9 Å². The van der Waals surface area contributed by atoms with Gasteiger partial charge in [0.05, 0.1) is 16.9 Å². The molecular weight excluding hydrogens is 314 g/mol. The zero-order chi connectivity index (χ0) is 17.3. The largest absolute Gasteiger partial charge is 0.478 e. The van der Waals surface area contributed by atoms with Gasteiger partial charge < -0.3 is 16.2 Å². The molecule has 0 aliphatic rings. The molecule has 0 atom stereocenters. The van der Waals surface area contributed by atoms with Crippen LogP contribution in [-0.4, -0.2) is 42.2 Å². The van der Waals surface area contributed by atoms with Crippen LogP contribution >= 0.6 is 0 Å². The summed E-state index contributed by atoms with van der Waals surface area (Å²) in [6.45, 7) is 3.61. The molecule has 24 heavy (non-hydrogen) atoms. The molecule has 120 valence electrons. The van der Waals surface area contributed by atoms with Gasteiger partial charge in [0.1, 0.15) is 0 Å². The van der Waals surface area contributed by atoms with Crippen LogP contribution in [0, 0.1) is 0 Å². The number of nitrogens with zero attached hydrogens (tertiary/aromatic N) is 5. The third-order valence-corrected chi connectivity index (χ3v) is 3.20. The van der Waals surface area contributed by atoms with Gasteiger partial charge >= 0.3 is 5.97 Å². The highest BCUT2D eigenvalue weighted by molar-refractivity contribution is 6.07. The number of nitrogen functional groups attached to an aromatic ring is 1. The van der Waals surface area contributed by atoms with E-state index in [4.69, 9.17) is 5.73 Å². The number of anilines is 2. The van der Waals surface area contributed by atoms with Crippen LogP contribution < -0.4 is 11.1 Å². The number of hydrogen-bond acceptors (Lipinski definition) is 7. The smallest absolute Gasteiger partial charge is 0.337 e. The van der Waals surface area contributed by atoms with Gasteiger partial charge in [-0.05, 0) is 34.2 Å². The topological polar surface area (TPSA) is 148 Å². The fraction of sp³-hybridized carbons (Fsp3) is 0. The Labute approximate surface area is 134 Å². The Hall–Kier alpha value is -3.82. The van der Waals surface area contributed by atoms with E-state index in [1.807, 2.05) is 0 Å². The van der Waals surface area contributed by atoms with Gasteiger partial charge in [0.15, 0.2) is 5.69 Å². The second-order valence-electron chi connectivity index (χ2n) is 4.75. The number of nitrogens with two attached hydrogens (primary N) is 1. The number of benzene rings is 1. The van der Waals surface area contributed by atoms with Crippen LogP contribution in [0.15, 0.2) is 30.8 Å². The van der Waals surface area contributed by atoms with Gasteiger partial charge in [-0.15, -0.1) is 14.8 Å². The van der Waals surface area contributed by atoms with Crippen molar-refractivity contribution in [2.24, 2.45) is 0 Å². The van der Waals surface area contributed by atoms with Crippen molar-refractivity contribution in [3.8, 4) is 0 Å². The Morgan fingerprint density at radius 2 is 2.12 bits per heavy atom. The third-order valence-electron chi connectivity index (χ3n) is 3.20. The van der Waals surface area contributed by atoms with Crippen LogP contribution in [0.4, 0.5) is 11.4 Å². The lowest BCUT2D eigenvalue weighted by Crippen LogP contribution is -2.18. The first-order chi connectivity index (χ1) is 11.5. The highest BCUT2D eigenvalue weighted by Crippen LogP contribution is 2.20. The quantitative estimate of drug-likeness (QED) is 0.634. The van der Waals surface area contributed by atoms with E-state index in [1.165, 1.54) is 24.3 Å². The predicted molar refractivity (Wildman–Crippen MR) is 84.4 cm³/mol. The van der Waals surface area contributed by atoms with Gasteiger partial charge in [-0.1, -0.05) is 18.7 Å². The predicted octanol–water partition coefficient (Wildman–Crippen LogP) is 0.695. The van der Waals surface area contributed by atoms with E-state index in [0.717, 1.165) is 4.63 Å². The van der Waals surface area contributed by atoms with Crippen molar-refractivity contribution in [2.45, 2.75) is 0 Å². The lowest BCUT2D eigenvalue weighted by Gasteiger charge is -2.09. The molecule has 4 N–H and O–H groups in total. The molecule has 0 saturated heterocycles. The average Bonchev–Trinajstić information content (AvgIpc) is 3.03. The van der Waals surface area contributed by atoms with Gasteiger partial charge in [0, 0.05) is 0 Å². The summed E-state index contributed by atoms with van der Waals surface area (Å²) in [7, 11) is 0. The lowest BCUT2D eigenvalue weighted by molar-refractivity contribution is 0.0698. The molecule has 10 heteroatoms. The van der Waals surface area contributed by atoms with Crippen LogP contribution in [0.2, 0.25) is 0 Å². The number of aromatic carboxylic acids is 1. The minimum Gasteiger partial charge on any atom is -0.478 e. The maximum absolute atomic E-state index is 12.4. The molecule has 1 amide bonds. The Bertz CT molecular complexity index is 980. The summed E-state index contributed by atoms with van der Waals surface area (Å²) in [5.41, 5.74) is 6.78. The molecule has 0 saturated carbocycles. The minimum atomic E-state index is -1.18. The molecule has 0 spiro atoms. The number of nitrogens with one attached hydrogen (secondary N) is 1. The number of carboxylic acids is 1. The van der Waals surface area contributed by atoms with Crippen molar-refractivity contribution in [3.05, 3.63) is 47.7 Å². The summed E-state index contributed by atoms with van der Waals surface area (Å²) in [6, 6.07) is 5.75. The van der Waals surface area contributed by atoms with E-state index in [-0.39, 0.29) is 28.3 Å². The molecule has 3 rings (SSSR count). The number of rotatable bonds is 4. The molecular formula is C14H11N7O3. The minimum absolute atomic E-state index is 0.0624. The Balaban J connectivity index is 1.99. The number of aromatic nitrogens is 5. The molecule has 0 bridgehead atoms. The molecule has 2 aromatic heterocycles. The highest BCUT2D eigenvalue weighted by atomic mass is 16.4. The van der Waals surface area contributed by atoms with Crippen molar-refractivity contribution in [2.75, 3.05) is 11.1 Å². The first-order valence-electron chi connectivity index (χ1n) is 6.65. The van der Waals surface area contributed by atoms with Crippen molar-refractivity contribution in [1.82, 2.24) is 25.3 Å². The molecule has 0 aliphatic heterocycles. The fourth-order valence-corrected chi connectivity index (χ4v) is 2.04. The molecule has 3 aromatic rings. The summed E-state index contributed by atoms with van der Waals surface area (Å²) < 4.78 is 1.02. The summed E-state index contributed by atoms with van der Waals surface area (Å²) in [6.07, 6.45) is 1.53. The summed E-state index contributed by atoms with van der Waals surface area (Å²) in [5, 5.41) is 26.3. The molecule has 0 unspecified atom stereocenters. The van der Waals surface area contributed by atoms with Crippen molar-refractivity contribution >= 4 is 35.0 Å². The molecule has 0 radical (unpaired) electrons. The number of carbonyl (C=O) groups excluding carboxylic acids is 1. The number of tetrazole rings is 1. The van der Waals surface area contributed by atoms with Gasteiger partial charge in [-0.3, -0.25) is 4.79 Å². The summed E-state index contributed by atoms with van der Waals surface area (Å²) in [4.78, 5) is 23.7. The average molecular weight is 325 g/mol. The van der Waals surface area contributed by atoms with Crippen LogP contribution in [0.25, 0.3) is 11.7 Å². The normalized spacial score (nSPS) is 10.5. The molecule has 0 fully saturated rings. The second kappa shape index (κ2) is 5.76. The zero-order valence-electron chi connectivity index (χ0n) is 12.2. The van der Waals surface area contributed by atoms with E-state index in [1.54, 1.807) is 6.07 Å². The van der Waals surface area contributed by atoms with E-state index in [2.05, 4.69) is 32.5 Å². The standard InChI is InChI=1S/C14H11N7O3/c1-2-7-3-4-8(14(23)24)10(5-7)16-13(22)11-6-9(15)12-17-19-20-21(12)18-11/h2-6H,1,15H2,(H,16,22)(H,23,24). The van der Waals surface area contributed by atoms with Crippen molar-refractivity contribution in [3.63, 3.8) is 0 Å². The summed E-state index contributed by atoms with van der Waals surface area (Å²) >= 11 is 0. The number of amides is 1. The fourth-order valence-electron chi connectivity index (χ4n) is 2.04. The first-order valence-corrected chi connectivity index (χ1v) is 6.65. The monoisotopic (exact) mass is 325 g/mol. The summed E-state index contributed by atoms with van der Waals surface area (Å²) in [5.74, 6) is -1.83. The highest BCUT2D eigenvalue weighted by Gasteiger charge is 2.17. The van der Waals surface area contributed by atoms with Gasteiger partial charge in [-0.25, -0.2) is 4.79 Å². The first kappa shape index (κ1) is 15.1. The van der Waals surface area contributed by atoms with Crippen molar-refractivity contribution in [1.29, 1.82) is 0 Å². The Kier molecular flexibility index (Phi) is 3.62. The van der Waals surface area contributed by atoms with E-state index in [9.17, 15) is 14.7 Å². The van der Waals surface area contributed by atoms with Crippen molar-refractivity contribution < 1.29 is 14.7 Å². The Morgan fingerprint density at radius 3 is 2.83 bits per heavy atom. The number of fused-ring (bicyclic) bond motifs is 1. The van der Waals surface area contributed by atoms with Gasteiger partial charge in [-0.2, -0.15) is 0 Å². The Morgan fingerprint density at radius 1 is 1.33 bits per heavy atom. The van der Waals surface area contributed by atoms with E-state index >= 15 is 0 Å². The van der Waals surface area contributed by atoms with Gasteiger partial charge in [0.25, 0.3) is 5.91 Å². The SMILES string of the molecule is C=Cc1ccc(C(=O)O)c(NC(=O)c2cc(N)c3nnnn3n2)c1. The second-order valence-corrected chi connectivity index (χ2v) is 4.75. The van der Waals surface area contributed by atoms with Crippen LogP contribution in [0.3, 0.4) is 0 Å². The molecule has 1 aromatic carbocycles. The maximum Gasteiger partial charge on any atom is 0.337 e. The molecule has 10 nitrogen and oxygen atoms in total. The number of carboxylic acid groups (broad SMARTS) is 1. The zero-order valence-corrected chi connectivity index (χ0v) is 12.2. The van der Waals surface area contributed by atoms with Gasteiger partial charge in [0.2, 0.25) is 5.65 Å². The van der Waals surface area contributed by atoms with Crippen LogP contribution in [0.1, 0.15) is 26.4 Å². The van der Waals surface area contributed by atoms with Crippen LogP contribution in [-0.2, 0) is 0 Å². The lowest BCUT2D eigenvalue weighted by atomic mass is 10.1. The maximum atomic E-state index is 12.4. The number of carbonyl (C=O) groups is 2. The molecule has 0 aliphatic carbocycles. The molecule has 2 heterocycles.